The van der Waals surface area contributed by atoms with Crippen molar-refractivity contribution in [2.75, 3.05) is 7.05 Å². The van der Waals surface area contributed by atoms with Gasteiger partial charge >= 0.3 is 0 Å². The van der Waals surface area contributed by atoms with E-state index in [4.69, 9.17) is 16.3 Å². The second kappa shape index (κ2) is 6.77. The zero-order valence-corrected chi connectivity index (χ0v) is 12.8. The van der Waals surface area contributed by atoms with Gasteiger partial charge in [-0.3, -0.25) is 0 Å². The van der Waals surface area contributed by atoms with Gasteiger partial charge in [-0.05, 0) is 27.0 Å². The summed E-state index contributed by atoms with van der Waals surface area (Å²) in [4.78, 5) is 4.17. The first-order valence-corrected chi connectivity index (χ1v) is 7.06. The lowest BCUT2D eigenvalue weighted by Crippen LogP contribution is -2.10. The molecule has 1 aromatic heterocycles. The number of rotatable bonds is 6. The molecular weight excluding hydrogens is 274 g/mol. The Morgan fingerprint density at radius 3 is 2.90 bits per heavy atom. The third kappa shape index (κ3) is 3.32. The van der Waals surface area contributed by atoms with Gasteiger partial charge in [0.15, 0.2) is 0 Å². The zero-order valence-electron chi connectivity index (χ0n) is 12.1. The molecule has 0 atom stereocenters. The van der Waals surface area contributed by atoms with Crippen LogP contribution in [0, 0.1) is 0 Å². The standard InChI is InChI=1S/C15H20ClN3O/c1-11(2)19-10-18-8-13(19)9-20-15-12(7-17-3)5-4-6-14(15)16/h4-6,8,10-11,17H,7,9H2,1-3H3. The summed E-state index contributed by atoms with van der Waals surface area (Å²) in [7, 11) is 1.90. The highest BCUT2D eigenvalue weighted by Crippen LogP contribution is 2.29. The molecule has 4 nitrogen and oxygen atoms in total. The van der Waals surface area contributed by atoms with E-state index in [0.717, 1.165) is 23.6 Å². The highest BCUT2D eigenvalue weighted by molar-refractivity contribution is 6.32. The van der Waals surface area contributed by atoms with Gasteiger partial charge in [0.05, 0.1) is 23.2 Å². The Bertz CT molecular complexity index is 566. The van der Waals surface area contributed by atoms with E-state index in [0.29, 0.717) is 17.7 Å². The molecule has 1 N–H and O–H groups in total. The molecule has 2 rings (SSSR count). The molecule has 0 radical (unpaired) electrons. The van der Waals surface area contributed by atoms with E-state index in [1.54, 1.807) is 0 Å². The molecule has 0 saturated heterocycles. The SMILES string of the molecule is CNCc1cccc(Cl)c1OCc1cncn1C(C)C. The van der Waals surface area contributed by atoms with E-state index < -0.39 is 0 Å². The van der Waals surface area contributed by atoms with Crippen LogP contribution in [-0.4, -0.2) is 16.6 Å². The molecule has 0 unspecified atom stereocenters. The molecule has 0 bridgehead atoms. The van der Waals surface area contributed by atoms with Crippen LogP contribution in [0.25, 0.3) is 0 Å². The Morgan fingerprint density at radius 1 is 1.40 bits per heavy atom. The lowest BCUT2D eigenvalue weighted by Gasteiger charge is -2.15. The largest absolute Gasteiger partial charge is 0.485 e. The molecule has 1 heterocycles. The van der Waals surface area contributed by atoms with Crippen LogP contribution < -0.4 is 10.1 Å². The molecular formula is C15H20ClN3O. The quantitative estimate of drug-likeness (QED) is 0.887. The predicted octanol–water partition coefficient (Wildman–Crippen LogP) is 3.42. The van der Waals surface area contributed by atoms with E-state index in [-0.39, 0.29) is 0 Å². The summed E-state index contributed by atoms with van der Waals surface area (Å²) in [5.41, 5.74) is 2.09. The van der Waals surface area contributed by atoms with Crippen LogP contribution in [0.15, 0.2) is 30.7 Å². The van der Waals surface area contributed by atoms with E-state index in [1.165, 1.54) is 0 Å². The van der Waals surface area contributed by atoms with Crippen molar-refractivity contribution in [1.29, 1.82) is 0 Å². The van der Waals surface area contributed by atoms with Crippen molar-refractivity contribution >= 4 is 11.6 Å². The Kier molecular flexibility index (Phi) is 5.04. The number of hydrogen-bond donors (Lipinski definition) is 1. The van der Waals surface area contributed by atoms with Gasteiger partial charge in [-0.15, -0.1) is 0 Å². The van der Waals surface area contributed by atoms with Gasteiger partial charge in [0.25, 0.3) is 0 Å². The monoisotopic (exact) mass is 293 g/mol. The average molecular weight is 294 g/mol. The Labute approximate surface area is 124 Å². The fourth-order valence-corrected chi connectivity index (χ4v) is 2.35. The minimum Gasteiger partial charge on any atom is -0.485 e. The Hall–Kier alpha value is -1.52. The third-order valence-corrected chi connectivity index (χ3v) is 3.38. The number of halogens is 1. The van der Waals surface area contributed by atoms with Gasteiger partial charge in [-0.2, -0.15) is 0 Å². The lowest BCUT2D eigenvalue weighted by atomic mass is 10.2. The van der Waals surface area contributed by atoms with Gasteiger partial charge < -0.3 is 14.6 Å². The summed E-state index contributed by atoms with van der Waals surface area (Å²) < 4.78 is 8.01. The summed E-state index contributed by atoms with van der Waals surface area (Å²) >= 11 is 6.23. The van der Waals surface area contributed by atoms with Gasteiger partial charge in [0.2, 0.25) is 0 Å². The minimum atomic E-state index is 0.360. The Morgan fingerprint density at radius 2 is 2.20 bits per heavy atom. The smallest absolute Gasteiger partial charge is 0.142 e. The second-order valence-electron chi connectivity index (χ2n) is 4.93. The van der Waals surface area contributed by atoms with Crippen molar-refractivity contribution in [1.82, 2.24) is 14.9 Å². The van der Waals surface area contributed by atoms with Crippen LogP contribution in [0.3, 0.4) is 0 Å². The molecule has 108 valence electrons. The molecule has 1 aromatic carbocycles. The molecule has 0 aliphatic heterocycles. The minimum absolute atomic E-state index is 0.360. The fourth-order valence-electron chi connectivity index (χ4n) is 2.10. The van der Waals surface area contributed by atoms with Crippen LogP contribution in [-0.2, 0) is 13.2 Å². The molecule has 0 aliphatic carbocycles. The first-order chi connectivity index (χ1) is 9.63. The third-order valence-electron chi connectivity index (χ3n) is 3.08. The highest BCUT2D eigenvalue weighted by Gasteiger charge is 2.11. The second-order valence-corrected chi connectivity index (χ2v) is 5.34. The highest BCUT2D eigenvalue weighted by atomic mass is 35.5. The maximum absolute atomic E-state index is 6.23. The van der Waals surface area contributed by atoms with Gasteiger partial charge in [0.1, 0.15) is 12.4 Å². The normalized spacial score (nSPS) is 11.1. The van der Waals surface area contributed by atoms with Crippen molar-refractivity contribution in [3.05, 3.63) is 47.0 Å². The summed E-state index contributed by atoms with van der Waals surface area (Å²) in [6, 6.07) is 6.15. The number of nitrogens with one attached hydrogen (secondary N) is 1. The molecule has 5 heteroatoms. The maximum atomic E-state index is 6.23. The molecule has 0 amide bonds. The number of imidazole rings is 1. The van der Waals surface area contributed by atoms with Crippen LogP contribution >= 0.6 is 11.6 Å². The first-order valence-electron chi connectivity index (χ1n) is 6.69. The van der Waals surface area contributed by atoms with Crippen molar-refractivity contribution in [3.8, 4) is 5.75 Å². The van der Waals surface area contributed by atoms with Crippen LogP contribution in [0.1, 0.15) is 31.1 Å². The molecule has 0 saturated carbocycles. The molecule has 0 aliphatic rings. The summed E-state index contributed by atoms with van der Waals surface area (Å²) in [5, 5.41) is 3.75. The number of ether oxygens (including phenoxy) is 1. The fraction of sp³-hybridized carbons (Fsp3) is 0.400. The first kappa shape index (κ1) is 14.9. The van der Waals surface area contributed by atoms with E-state index in [1.807, 2.05) is 37.8 Å². The Balaban J connectivity index is 2.16. The van der Waals surface area contributed by atoms with Crippen molar-refractivity contribution in [2.24, 2.45) is 0 Å². The number of aromatic nitrogens is 2. The van der Waals surface area contributed by atoms with E-state index in [2.05, 4.69) is 28.7 Å². The van der Waals surface area contributed by atoms with E-state index in [9.17, 15) is 0 Å². The van der Waals surface area contributed by atoms with Crippen LogP contribution in [0.2, 0.25) is 5.02 Å². The van der Waals surface area contributed by atoms with Crippen LogP contribution in [0.5, 0.6) is 5.75 Å². The van der Waals surface area contributed by atoms with Gasteiger partial charge in [-0.1, -0.05) is 23.7 Å². The number of hydrogen-bond acceptors (Lipinski definition) is 3. The zero-order chi connectivity index (χ0) is 14.5. The maximum Gasteiger partial charge on any atom is 0.142 e. The lowest BCUT2D eigenvalue weighted by molar-refractivity contribution is 0.289. The number of nitrogens with zero attached hydrogens (tertiary/aromatic N) is 2. The summed E-state index contributed by atoms with van der Waals surface area (Å²) in [6.45, 7) is 5.41. The average Bonchev–Trinajstić information content (AvgIpc) is 2.87. The predicted molar refractivity (Wildman–Crippen MR) is 81.2 cm³/mol. The number of benzene rings is 1. The van der Waals surface area contributed by atoms with Crippen molar-refractivity contribution in [2.45, 2.75) is 33.0 Å². The summed E-state index contributed by atoms with van der Waals surface area (Å²) in [5.74, 6) is 0.736. The van der Waals surface area contributed by atoms with Gasteiger partial charge in [0, 0.05) is 18.2 Å². The topological polar surface area (TPSA) is 39.1 Å². The van der Waals surface area contributed by atoms with Crippen LogP contribution in [0.4, 0.5) is 0 Å². The van der Waals surface area contributed by atoms with E-state index >= 15 is 0 Å². The molecule has 20 heavy (non-hydrogen) atoms. The van der Waals surface area contributed by atoms with Crippen molar-refractivity contribution in [3.63, 3.8) is 0 Å². The molecule has 0 fully saturated rings. The number of para-hydroxylation sites is 1. The van der Waals surface area contributed by atoms with Crippen molar-refractivity contribution < 1.29 is 4.74 Å². The van der Waals surface area contributed by atoms with Gasteiger partial charge in [-0.25, -0.2) is 4.98 Å². The molecule has 0 spiro atoms. The summed E-state index contributed by atoms with van der Waals surface area (Å²) in [6.07, 6.45) is 3.65. The molecule has 2 aromatic rings.